The van der Waals surface area contributed by atoms with Gasteiger partial charge in [-0.25, -0.2) is 0 Å². The minimum Gasteiger partial charge on any atom is -0.474 e. The second-order valence-corrected chi connectivity index (χ2v) is 8.13. The van der Waals surface area contributed by atoms with Crippen LogP contribution in [-0.2, 0) is 11.3 Å². The minimum atomic E-state index is -0.245. The van der Waals surface area contributed by atoms with Crippen molar-refractivity contribution < 1.29 is 9.53 Å². The van der Waals surface area contributed by atoms with E-state index in [1.54, 1.807) is 0 Å². The zero-order valence-electron chi connectivity index (χ0n) is 17.6. The zero-order valence-corrected chi connectivity index (χ0v) is 17.6. The van der Waals surface area contributed by atoms with Gasteiger partial charge in [0.1, 0.15) is 5.82 Å². The highest BCUT2D eigenvalue weighted by atomic mass is 16.5. The standard InChI is InChI=1S/C22H28N6O2/c1-13(2)30-22-17-7-6-15(12-28-8-4-5-18(28)21(23)29)10-16(17)11-19(25-22)24-20-9-14(3)26-27-20/h6-7,9-11,13,18H,4-5,8,12H2,1-3H3,(H2,23,29)(H2,24,25,26,27)/t18-/m0/s1. The van der Waals surface area contributed by atoms with Crippen LogP contribution in [-0.4, -0.2) is 44.7 Å². The fraction of sp³-hybridized carbons (Fsp3) is 0.409. The summed E-state index contributed by atoms with van der Waals surface area (Å²) in [4.78, 5) is 18.5. The zero-order chi connectivity index (χ0) is 21.3. The molecule has 0 bridgehead atoms. The van der Waals surface area contributed by atoms with E-state index in [-0.39, 0.29) is 18.1 Å². The van der Waals surface area contributed by atoms with Crippen LogP contribution in [0.4, 0.5) is 11.6 Å². The first-order chi connectivity index (χ1) is 14.4. The van der Waals surface area contributed by atoms with Crippen LogP contribution < -0.4 is 15.8 Å². The molecular formula is C22H28N6O2. The van der Waals surface area contributed by atoms with Gasteiger partial charge in [0.2, 0.25) is 11.8 Å². The number of pyridine rings is 1. The van der Waals surface area contributed by atoms with E-state index in [9.17, 15) is 4.79 Å². The highest BCUT2D eigenvalue weighted by molar-refractivity contribution is 5.90. The molecule has 1 aliphatic heterocycles. The average molecular weight is 409 g/mol. The molecular weight excluding hydrogens is 380 g/mol. The number of ether oxygens (including phenoxy) is 1. The smallest absolute Gasteiger partial charge is 0.234 e. The van der Waals surface area contributed by atoms with Gasteiger partial charge in [-0.1, -0.05) is 6.07 Å². The van der Waals surface area contributed by atoms with Gasteiger partial charge >= 0.3 is 0 Å². The number of carbonyl (C=O) groups is 1. The third-order valence-electron chi connectivity index (χ3n) is 5.25. The first-order valence-corrected chi connectivity index (χ1v) is 10.3. The molecule has 1 amide bonds. The Kier molecular flexibility index (Phi) is 5.59. The molecule has 0 unspecified atom stereocenters. The second kappa shape index (κ2) is 8.31. The number of rotatable bonds is 7. The maximum absolute atomic E-state index is 11.7. The van der Waals surface area contributed by atoms with Crippen molar-refractivity contribution in [2.45, 2.75) is 52.3 Å². The lowest BCUT2D eigenvalue weighted by atomic mass is 10.1. The van der Waals surface area contributed by atoms with Gasteiger partial charge in [-0.3, -0.25) is 14.8 Å². The lowest BCUT2D eigenvalue weighted by molar-refractivity contribution is -0.122. The maximum Gasteiger partial charge on any atom is 0.234 e. The largest absolute Gasteiger partial charge is 0.474 e. The third-order valence-corrected chi connectivity index (χ3v) is 5.25. The summed E-state index contributed by atoms with van der Waals surface area (Å²) < 4.78 is 5.98. The van der Waals surface area contributed by atoms with Crippen LogP contribution >= 0.6 is 0 Å². The molecule has 1 aliphatic rings. The highest BCUT2D eigenvalue weighted by Gasteiger charge is 2.28. The Balaban J connectivity index is 1.67. The molecule has 2 aromatic heterocycles. The molecule has 0 spiro atoms. The van der Waals surface area contributed by atoms with Crippen molar-refractivity contribution in [1.82, 2.24) is 20.1 Å². The molecule has 8 heteroatoms. The van der Waals surface area contributed by atoms with Crippen LogP contribution in [0.5, 0.6) is 5.88 Å². The number of nitrogens with two attached hydrogens (primary N) is 1. The van der Waals surface area contributed by atoms with Gasteiger partial charge < -0.3 is 15.8 Å². The van der Waals surface area contributed by atoms with E-state index in [4.69, 9.17) is 10.5 Å². The van der Waals surface area contributed by atoms with Gasteiger partial charge in [-0.2, -0.15) is 10.1 Å². The maximum atomic E-state index is 11.7. The van der Waals surface area contributed by atoms with E-state index in [1.165, 1.54) is 0 Å². The van der Waals surface area contributed by atoms with Crippen LogP contribution in [0.1, 0.15) is 37.9 Å². The van der Waals surface area contributed by atoms with Crippen LogP contribution in [0.3, 0.4) is 0 Å². The van der Waals surface area contributed by atoms with Crippen LogP contribution in [0.15, 0.2) is 30.3 Å². The molecule has 0 saturated carbocycles. The number of aromatic nitrogens is 3. The predicted molar refractivity (Wildman–Crippen MR) is 117 cm³/mol. The number of likely N-dealkylation sites (tertiary alicyclic amines) is 1. The summed E-state index contributed by atoms with van der Waals surface area (Å²) in [6.07, 6.45) is 1.83. The SMILES string of the molecule is Cc1cc(Nc2cc3cc(CN4CCC[C@H]4C(N)=O)ccc3c(OC(C)C)n2)n[nH]1. The van der Waals surface area contributed by atoms with Crippen LogP contribution in [0.2, 0.25) is 0 Å². The van der Waals surface area contributed by atoms with Gasteiger partial charge in [-0.05, 0) is 69.3 Å². The van der Waals surface area contributed by atoms with Gasteiger partial charge in [0.25, 0.3) is 0 Å². The number of nitrogens with zero attached hydrogens (tertiary/aromatic N) is 3. The molecule has 8 nitrogen and oxygen atoms in total. The monoisotopic (exact) mass is 408 g/mol. The first kappa shape index (κ1) is 20.2. The Morgan fingerprint density at radius 1 is 1.33 bits per heavy atom. The summed E-state index contributed by atoms with van der Waals surface area (Å²) in [5, 5.41) is 12.4. The molecule has 1 fully saturated rings. The summed E-state index contributed by atoms with van der Waals surface area (Å²) in [6, 6.07) is 9.96. The molecule has 3 aromatic rings. The Morgan fingerprint density at radius 2 is 2.17 bits per heavy atom. The summed E-state index contributed by atoms with van der Waals surface area (Å²) >= 11 is 0. The molecule has 0 radical (unpaired) electrons. The van der Waals surface area contributed by atoms with Gasteiger partial charge in [0.05, 0.1) is 12.1 Å². The van der Waals surface area contributed by atoms with Gasteiger partial charge in [0.15, 0.2) is 5.82 Å². The molecule has 1 atom stereocenters. The normalized spacial score (nSPS) is 17.0. The fourth-order valence-corrected chi connectivity index (χ4v) is 3.94. The van der Waals surface area contributed by atoms with E-state index in [0.717, 1.165) is 41.4 Å². The van der Waals surface area contributed by atoms with Crippen molar-refractivity contribution in [2.75, 3.05) is 11.9 Å². The van der Waals surface area contributed by atoms with Crippen molar-refractivity contribution in [3.8, 4) is 5.88 Å². The molecule has 1 saturated heterocycles. The van der Waals surface area contributed by atoms with Crippen molar-refractivity contribution in [3.63, 3.8) is 0 Å². The molecule has 4 rings (SSSR count). The predicted octanol–water partition coefficient (Wildman–Crippen LogP) is 3.25. The number of hydrogen-bond donors (Lipinski definition) is 3. The lowest BCUT2D eigenvalue weighted by Crippen LogP contribution is -2.39. The molecule has 1 aromatic carbocycles. The summed E-state index contributed by atoms with van der Waals surface area (Å²) in [5.41, 5.74) is 7.66. The fourth-order valence-electron chi connectivity index (χ4n) is 3.94. The van der Waals surface area contributed by atoms with Crippen molar-refractivity contribution in [2.24, 2.45) is 5.73 Å². The molecule has 0 aliphatic carbocycles. The van der Waals surface area contributed by atoms with Gasteiger partial charge in [-0.15, -0.1) is 0 Å². The Hall–Kier alpha value is -3.13. The number of carbonyl (C=O) groups excluding carboxylic acids is 1. The van der Waals surface area contributed by atoms with Gasteiger partial charge in [0, 0.05) is 23.7 Å². The summed E-state index contributed by atoms with van der Waals surface area (Å²) in [5.74, 6) is 1.70. The number of anilines is 2. The Bertz CT molecular complexity index is 1060. The quantitative estimate of drug-likeness (QED) is 0.554. The molecule has 4 N–H and O–H groups in total. The topological polar surface area (TPSA) is 109 Å². The molecule has 30 heavy (non-hydrogen) atoms. The number of primary amides is 1. The van der Waals surface area contributed by atoms with E-state index >= 15 is 0 Å². The Morgan fingerprint density at radius 3 is 2.87 bits per heavy atom. The molecule has 3 heterocycles. The number of aromatic amines is 1. The number of fused-ring (bicyclic) bond motifs is 1. The second-order valence-electron chi connectivity index (χ2n) is 8.13. The number of H-pyrrole nitrogens is 1. The number of nitrogens with one attached hydrogen (secondary N) is 2. The van der Waals surface area contributed by atoms with Crippen molar-refractivity contribution in [1.29, 1.82) is 0 Å². The third kappa shape index (κ3) is 4.38. The van der Waals surface area contributed by atoms with Crippen molar-refractivity contribution >= 4 is 28.3 Å². The summed E-state index contributed by atoms with van der Waals surface area (Å²) in [6.45, 7) is 7.48. The Labute approximate surface area is 175 Å². The van der Waals surface area contributed by atoms with Crippen LogP contribution in [0, 0.1) is 6.92 Å². The number of benzene rings is 1. The van der Waals surface area contributed by atoms with E-state index < -0.39 is 0 Å². The number of amides is 1. The number of aryl methyl sites for hydroxylation is 1. The lowest BCUT2D eigenvalue weighted by Gasteiger charge is -2.22. The van der Waals surface area contributed by atoms with E-state index in [2.05, 4.69) is 37.5 Å². The molecule has 158 valence electrons. The average Bonchev–Trinajstić information content (AvgIpc) is 3.30. The first-order valence-electron chi connectivity index (χ1n) is 10.3. The number of hydrogen-bond acceptors (Lipinski definition) is 6. The highest BCUT2D eigenvalue weighted by Crippen LogP contribution is 2.30. The van der Waals surface area contributed by atoms with Crippen LogP contribution in [0.25, 0.3) is 10.8 Å². The van der Waals surface area contributed by atoms with E-state index in [1.807, 2.05) is 39.0 Å². The summed E-state index contributed by atoms with van der Waals surface area (Å²) in [7, 11) is 0. The van der Waals surface area contributed by atoms with Crippen molar-refractivity contribution in [3.05, 3.63) is 41.6 Å². The van der Waals surface area contributed by atoms with E-state index in [0.29, 0.717) is 24.1 Å². The minimum absolute atomic E-state index is 0.00387.